The fourth-order valence-electron chi connectivity index (χ4n) is 1.88. The summed E-state index contributed by atoms with van der Waals surface area (Å²) in [4.78, 5) is 2.24. The fraction of sp³-hybridized carbons (Fsp3) is 0.727. The number of aromatic nitrogens is 2. The molecule has 2 rings (SSSR count). The predicted molar refractivity (Wildman–Crippen MR) is 60.1 cm³/mol. The molecule has 0 radical (unpaired) electrons. The first-order chi connectivity index (χ1) is 7.16. The molecule has 0 unspecified atom stereocenters. The van der Waals surface area contributed by atoms with Crippen molar-refractivity contribution in [2.24, 2.45) is 0 Å². The van der Waals surface area contributed by atoms with Gasteiger partial charge in [-0.3, -0.25) is 4.68 Å². The first-order valence-electron chi connectivity index (χ1n) is 5.65. The third-order valence-corrected chi connectivity index (χ3v) is 2.91. The zero-order chi connectivity index (χ0) is 10.8. The van der Waals surface area contributed by atoms with Crippen molar-refractivity contribution < 1.29 is 5.11 Å². The van der Waals surface area contributed by atoms with E-state index in [0.29, 0.717) is 6.04 Å². The van der Waals surface area contributed by atoms with Gasteiger partial charge in [-0.1, -0.05) is 0 Å². The van der Waals surface area contributed by atoms with E-state index in [0.717, 1.165) is 31.7 Å². The molecule has 0 bridgehead atoms. The van der Waals surface area contributed by atoms with Gasteiger partial charge in [0.05, 0.1) is 6.10 Å². The van der Waals surface area contributed by atoms with Crippen LogP contribution in [0.15, 0.2) is 12.3 Å². The van der Waals surface area contributed by atoms with Crippen molar-refractivity contribution in [1.82, 2.24) is 9.78 Å². The summed E-state index contributed by atoms with van der Waals surface area (Å²) in [6.45, 7) is 6.07. The van der Waals surface area contributed by atoms with Crippen molar-refractivity contribution in [3.8, 4) is 0 Å². The molecule has 0 aromatic carbocycles. The standard InChI is InChI=1S/C11H19N3O/c1-9(2)14-8-5-11(12-14)13-6-3-10(15)4-7-13/h5,8-10,15H,3-4,6-7H2,1-2H3. The SMILES string of the molecule is CC(C)n1ccc(N2CCC(O)CC2)n1. The molecule has 1 saturated heterocycles. The van der Waals surface area contributed by atoms with Gasteiger partial charge in [0.1, 0.15) is 0 Å². The molecule has 1 aliphatic heterocycles. The molecule has 1 aromatic heterocycles. The first-order valence-corrected chi connectivity index (χ1v) is 5.65. The molecule has 0 atom stereocenters. The van der Waals surface area contributed by atoms with Gasteiger partial charge in [0.2, 0.25) is 0 Å². The van der Waals surface area contributed by atoms with Crippen LogP contribution in [0.5, 0.6) is 0 Å². The van der Waals surface area contributed by atoms with E-state index in [-0.39, 0.29) is 6.10 Å². The predicted octanol–water partition coefficient (Wildman–Crippen LogP) is 1.43. The highest BCUT2D eigenvalue weighted by molar-refractivity contribution is 5.37. The molecule has 0 spiro atoms. The lowest BCUT2D eigenvalue weighted by molar-refractivity contribution is 0.145. The van der Waals surface area contributed by atoms with Gasteiger partial charge in [0.15, 0.2) is 5.82 Å². The lowest BCUT2D eigenvalue weighted by Gasteiger charge is -2.29. The largest absolute Gasteiger partial charge is 0.393 e. The molecule has 15 heavy (non-hydrogen) atoms. The maximum absolute atomic E-state index is 9.42. The smallest absolute Gasteiger partial charge is 0.150 e. The molecule has 0 aliphatic carbocycles. The van der Waals surface area contributed by atoms with Crippen LogP contribution < -0.4 is 4.90 Å². The van der Waals surface area contributed by atoms with E-state index in [1.54, 1.807) is 0 Å². The molecule has 1 aromatic rings. The molecule has 0 amide bonds. The molecule has 4 nitrogen and oxygen atoms in total. The molecule has 2 heterocycles. The van der Waals surface area contributed by atoms with Crippen molar-refractivity contribution in [3.05, 3.63) is 12.3 Å². The van der Waals surface area contributed by atoms with Gasteiger partial charge in [-0.2, -0.15) is 5.10 Å². The highest BCUT2D eigenvalue weighted by Gasteiger charge is 2.18. The Bertz CT molecular complexity index is 313. The van der Waals surface area contributed by atoms with Crippen LogP contribution in [0.3, 0.4) is 0 Å². The van der Waals surface area contributed by atoms with Crippen molar-refractivity contribution >= 4 is 5.82 Å². The van der Waals surface area contributed by atoms with E-state index in [9.17, 15) is 5.11 Å². The topological polar surface area (TPSA) is 41.3 Å². The lowest BCUT2D eigenvalue weighted by atomic mass is 10.1. The van der Waals surface area contributed by atoms with Crippen LogP contribution in [0.25, 0.3) is 0 Å². The second-order valence-corrected chi connectivity index (χ2v) is 4.47. The van der Waals surface area contributed by atoms with E-state index >= 15 is 0 Å². The molecule has 84 valence electrons. The number of aliphatic hydroxyl groups excluding tert-OH is 1. The van der Waals surface area contributed by atoms with Gasteiger partial charge in [-0.05, 0) is 26.7 Å². The van der Waals surface area contributed by atoms with Gasteiger partial charge in [-0.15, -0.1) is 0 Å². The molecule has 0 saturated carbocycles. The third-order valence-electron chi connectivity index (χ3n) is 2.91. The molecule has 4 heteroatoms. The quantitative estimate of drug-likeness (QED) is 0.801. The Morgan fingerprint density at radius 3 is 2.60 bits per heavy atom. The zero-order valence-corrected chi connectivity index (χ0v) is 9.43. The van der Waals surface area contributed by atoms with E-state index < -0.39 is 0 Å². The van der Waals surface area contributed by atoms with Crippen LogP contribution in [0.1, 0.15) is 32.7 Å². The number of aliphatic hydroxyl groups is 1. The highest BCUT2D eigenvalue weighted by Crippen LogP contribution is 2.18. The summed E-state index contributed by atoms with van der Waals surface area (Å²) in [6, 6.07) is 2.46. The van der Waals surface area contributed by atoms with Crippen LogP contribution in [0.2, 0.25) is 0 Å². The molecular weight excluding hydrogens is 190 g/mol. The maximum atomic E-state index is 9.42. The van der Waals surface area contributed by atoms with Crippen molar-refractivity contribution in [1.29, 1.82) is 0 Å². The summed E-state index contributed by atoms with van der Waals surface area (Å²) in [6.07, 6.45) is 3.61. The summed E-state index contributed by atoms with van der Waals surface area (Å²) in [7, 11) is 0. The third kappa shape index (κ3) is 2.31. The van der Waals surface area contributed by atoms with Gasteiger partial charge in [0.25, 0.3) is 0 Å². The Hall–Kier alpha value is -1.03. The minimum atomic E-state index is -0.117. The lowest BCUT2D eigenvalue weighted by Crippen LogP contribution is -2.36. The maximum Gasteiger partial charge on any atom is 0.150 e. The first kappa shape index (κ1) is 10.5. The Balaban J connectivity index is 2.03. The van der Waals surface area contributed by atoms with Gasteiger partial charge < -0.3 is 10.0 Å². The second kappa shape index (κ2) is 4.23. The Kier molecular flexibility index (Phi) is 2.95. The van der Waals surface area contributed by atoms with E-state index in [1.165, 1.54) is 0 Å². The van der Waals surface area contributed by atoms with Crippen LogP contribution in [0.4, 0.5) is 5.82 Å². The van der Waals surface area contributed by atoms with E-state index in [2.05, 4.69) is 29.9 Å². The van der Waals surface area contributed by atoms with Gasteiger partial charge in [-0.25, -0.2) is 0 Å². The molecule has 1 N–H and O–H groups in total. The number of piperidine rings is 1. The van der Waals surface area contributed by atoms with Crippen molar-refractivity contribution in [2.45, 2.75) is 38.8 Å². The van der Waals surface area contributed by atoms with Gasteiger partial charge >= 0.3 is 0 Å². The molecule has 1 aliphatic rings. The second-order valence-electron chi connectivity index (χ2n) is 4.47. The average molecular weight is 209 g/mol. The average Bonchev–Trinajstić information content (AvgIpc) is 2.68. The van der Waals surface area contributed by atoms with Gasteiger partial charge in [0, 0.05) is 31.4 Å². The number of hydrogen-bond donors (Lipinski definition) is 1. The molecule has 1 fully saturated rings. The summed E-state index contributed by atoms with van der Waals surface area (Å²) in [5, 5.41) is 13.9. The van der Waals surface area contributed by atoms with Crippen LogP contribution >= 0.6 is 0 Å². The van der Waals surface area contributed by atoms with E-state index in [1.807, 2.05) is 10.9 Å². The van der Waals surface area contributed by atoms with Crippen LogP contribution in [-0.4, -0.2) is 34.1 Å². The highest BCUT2D eigenvalue weighted by atomic mass is 16.3. The number of hydrogen-bond acceptors (Lipinski definition) is 3. The number of rotatable bonds is 2. The van der Waals surface area contributed by atoms with E-state index in [4.69, 9.17) is 0 Å². The Morgan fingerprint density at radius 1 is 1.40 bits per heavy atom. The summed E-state index contributed by atoms with van der Waals surface area (Å²) < 4.78 is 1.97. The minimum absolute atomic E-state index is 0.117. The fourth-order valence-corrected chi connectivity index (χ4v) is 1.88. The van der Waals surface area contributed by atoms with Crippen molar-refractivity contribution in [2.75, 3.05) is 18.0 Å². The number of anilines is 1. The van der Waals surface area contributed by atoms with Crippen LogP contribution in [-0.2, 0) is 0 Å². The zero-order valence-electron chi connectivity index (χ0n) is 9.43. The summed E-state index contributed by atoms with van der Waals surface area (Å²) >= 11 is 0. The molecular formula is C11H19N3O. The summed E-state index contributed by atoms with van der Waals surface area (Å²) in [5.74, 6) is 1.04. The number of nitrogens with zero attached hydrogens (tertiary/aromatic N) is 3. The van der Waals surface area contributed by atoms with Crippen LogP contribution in [0, 0.1) is 0 Å². The summed E-state index contributed by atoms with van der Waals surface area (Å²) in [5.41, 5.74) is 0. The Morgan fingerprint density at radius 2 is 2.07 bits per heavy atom. The normalized spacial score (nSPS) is 18.8. The minimum Gasteiger partial charge on any atom is -0.393 e. The monoisotopic (exact) mass is 209 g/mol. The van der Waals surface area contributed by atoms with Crippen molar-refractivity contribution in [3.63, 3.8) is 0 Å². The Labute approximate surface area is 90.5 Å².